The van der Waals surface area contributed by atoms with Crippen LogP contribution in [0, 0.1) is 11.3 Å². The second kappa shape index (κ2) is 7.77. The van der Waals surface area contributed by atoms with Crippen molar-refractivity contribution in [3.05, 3.63) is 41.0 Å². The van der Waals surface area contributed by atoms with E-state index in [4.69, 9.17) is 4.74 Å². The quantitative estimate of drug-likeness (QED) is 0.671. The number of rotatable bonds is 5. The Morgan fingerprint density at radius 2 is 2.18 bits per heavy atom. The Hall–Kier alpha value is -2.12. The van der Waals surface area contributed by atoms with Gasteiger partial charge in [-0.25, -0.2) is 0 Å². The van der Waals surface area contributed by atoms with E-state index >= 15 is 0 Å². The molecule has 1 aromatic rings. The molecule has 0 unspecified atom stereocenters. The van der Waals surface area contributed by atoms with Crippen molar-refractivity contribution in [2.75, 3.05) is 13.2 Å². The van der Waals surface area contributed by atoms with Crippen LogP contribution in [0.1, 0.15) is 43.7 Å². The molecule has 1 amide bonds. The number of carbonyl (C=O) groups is 1. The first-order valence-corrected chi connectivity index (χ1v) is 7.71. The van der Waals surface area contributed by atoms with Gasteiger partial charge in [-0.1, -0.05) is 38.1 Å². The third-order valence-electron chi connectivity index (χ3n) is 3.79. The maximum Gasteiger partial charge on any atom is 0.262 e. The third-order valence-corrected chi connectivity index (χ3v) is 3.79. The maximum atomic E-state index is 12.1. The summed E-state index contributed by atoms with van der Waals surface area (Å²) in [6.45, 7) is 5.47. The molecule has 1 aliphatic rings. The number of ether oxygens (including phenoxy) is 1. The standard InChI is InChI=1S/C18H22N2O2/c1-13(2)15-7-5-14(6-8-15)10-16(11-19)18(21)20-12-17-4-3-9-22-17/h5-8,10,13,17H,3-4,9,12H2,1-2H3,(H,20,21)/b16-10+/t17-/m1/s1. The number of hydrogen-bond acceptors (Lipinski definition) is 3. The normalized spacial score (nSPS) is 18.3. The van der Waals surface area contributed by atoms with Gasteiger partial charge in [-0.3, -0.25) is 4.79 Å². The average Bonchev–Trinajstić information content (AvgIpc) is 3.04. The number of nitrogens with zero attached hydrogens (tertiary/aromatic N) is 1. The Kier molecular flexibility index (Phi) is 5.74. The van der Waals surface area contributed by atoms with E-state index in [-0.39, 0.29) is 17.6 Å². The van der Waals surface area contributed by atoms with Crippen molar-refractivity contribution in [3.63, 3.8) is 0 Å². The first-order valence-electron chi connectivity index (χ1n) is 7.71. The zero-order valence-corrected chi connectivity index (χ0v) is 13.1. The van der Waals surface area contributed by atoms with Gasteiger partial charge in [0.25, 0.3) is 5.91 Å². The summed E-state index contributed by atoms with van der Waals surface area (Å²) in [5, 5.41) is 12.0. The Bertz CT molecular complexity index is 576. The zero-order valence-electron chi connectivity index (χ0n) is 13.1. The van der Waals surface area contributed by atoms with E-state index in [1.807, 2.05) is 30.3 Å². The van der Waals surface area contributed by atoms with Crippen LogP contribution in [0.5, 0.6) is 0 Å². The van der Waals surface area contributed by atoms with Crippen LogP contribution in [-0.4, -0.2) is 25.2 Å². The number of nitriles is 1. The molecule has 1 fully saturated rings. The molecule has 4 nitrogen and oxygen atoms in total. The molecule has 1 aliphatic heterocycles. The number of nitrogens with one attached hydrogen (secondary N) is 1. The smallest absolute Gasteiger partial charge is 0.262 e. The molecule has 22 heavy (non-hydrogen) atoms. The van der Waals surface area contributed by atoms with Crippen LogP contribution in [0.15, 0.2) is 29.8 Å². The molecule has 0 saturated carbocycles. The Morgan fingerprint density at radius 1 is 1.45 bits per heavy atom. The van der Waals surface area contributed by atoms with Gasteiger partial charge >= 0.3 is 0 Å². The van der Waals surface area contributed by atoms with Crippen LogP contribution in [0.3, 0.4) is 0 Å². The maximum absolute atomic E-state index is 12.1. The van der Waals surface area contributed by atoms with Crippen LogP contribution in [-0.2, 0) is 9.53 Å². The lowest BCUT2D eigenvalue weighted by Crippen LogP contribution is -2.32. The van der Waals surface area contributed by atoms with E-state index in [9.17, 15) is 10.1 Å². The van der Waals surface area contributed by atoms with Crippen LogP contribution in [0.4, 0.5) is 0 Å². The van der Waals surface area contributed by atoms with Gasteiger partial charge in [-0.15, -0.1) is 0 Å². The first kappa shape index (κ1) is 16.3. The van der Waals surface area contributed by atoms with Crippen molar-refractivity contribution in [2.45, 2.75) is 38.7 Å². The van der Waals surface area contributed by atoms with Crippen LogP contribution >= 0.6 is 0 Å². The van der Waals surface area contributed by atoms with E-state index in [0.29, 0.717) is 12.5 Å². The highest BCUT2D eigenvalue weighted by atomic mass is 16.5. The van der Waals surface area contributed by atoms with Crippen molar-refractivity contribution < 1.29 is 9.53 Å². The minimum atomic E-state index is -0.342. The molecular weight excluding hydrogens is 276 g/mol. The minimum absolute atomic E-state index is 0.0780. The summed E-state index contributed by atoms with van der Waals surface area (Å²) in [5.41, 5.74) is 2.21. The molecule has 2 rings (SSSR count). The van der Waals surface area contributed by atoms with Gasteiger partial charge in [0.1, 0.15) is 11.6 Å². The molecule has 1 N–H and O–H groups in total. The summed E-state index contributed by atoms with van der Waals surface area (Å²) in [6, 6.07) is 9.88. The highest BCUT2D eigenvalue weighted by Gasteiger charge is 2.17. The minimum Gasteiger partial charge on any atom is -0.376 e. The SMILES string of the molecule is CC(C)c1ccc(/C=C(\C#N)C(=O)NC[C@H]2CCCO2)cc1. The van der Waals surface area contributed by atoms with Crippen molar-refractivity contribution in [1.82, 2.24) is 5.32 Å². The largest absolute Gasteiger partial charge is 0.376 e. The number of amides is 1. The van der Waals surface area contributed by atoms with Gasteiger partial charge in [0.2, 0.25) is 0 Å². The van der Waals surface area contributed by atoms with Crippen molar-refractivity contribution >= 4 is 12.0 Å². The topological polar surface area (TPSA) is 62.1 Å². The van der Waals surface area contributed by atoms with Gasteiger partial charge in [0.15, 0.2) is 0 Å². The second-order valence-electron chi connectivity index (χ2n) is 5.84. The fraction of sp³-hybridized carbons (Fsp3) is 0.444. The molecule has 1 aromatic carbocycles. The Balaban J connectivity index is 1.99. The van der Waals surface area contributed by atoms with Crippen molar-refractivity contribution in [3.8, 4) is 6.07 Å². The number of hydrogen-bond donors (Lipinski definition) is 1. The lowest BCUT2D eigenvalue weighted by atomic mass is 10.0. The molecule has 0 radical (unpaired) electrons. The highest BCUT2D eigenvalue weighted by Crippen LogP contribution is 2.16. The number of carbonyl (C=O) groups excluding carboxylic acids is 1. The summed E-state index contributed by atoms with van der Waals surface area (Å²) in [4.78, 5) is 12.1. The van der Waals surface area contributed by atoms with Crippen LogP contribution in [0.2, 0.25) is 0 Å². The van der Waals surface area contributed by atoms with E-state index in [1.54, 1.807) is 6.08 Å². The fourth-order valence-electron chi connectivity index (χ4n) is 2.40. The molecule has 0 bridgehead atoms. The Labute approximate surface area is 131 Å². The van der Waals surface area contributed by atoms with Gasteiger partial charge in [-0.2, -0.15) is 5.26 Å². The summed E-state index contributed by atoms with van der Waals surface area (Å²) >= 11 is 0. The molecule has 0 aromatic heterocycles. The molecule has 0 aliphatic carbocycles. The van der Waals surface area contributed by atoms with E-state index in [0.717, 1.165) is 25.0 Å². The van der Waals surface area contributed by atoms with Gasteiger partial charge < -0.3 is 10.1 Å². The van der Waals surface area contributed by atoms with E-state index < -0.39 is 0 Å². The van der Waals surface area contributed by atoms with Gasteiger partial charge in [0.05, 0.1) is 6.10 Å². The Morgan fingerprint density at radius 3 is 2.73 bits per heavy atom. The summed E-state index contributed by atoms with van der Waals surface area (Å²) in [5.74, 6) is 0.120. The predicted molar refractivity (Wildman–Crippen MR) is 86.1 cm³/mol. The zero-order chi connectivity index (χ0) is 15.9. The van der Waals surface area contributed by atoms with Crippen molar-refractivity contribution in [2.24, 2.45) is 0 Å². The lowest BCUT2D eigenvalue weighted by molar-refractivity contribution is -0.117. The summed E-state index contributed by atoms with van der Waals surface area (Å²) in [7, 11) is 0. The van der Waals surface area contributed by atoms with Crippen LogP contribution < -0.4 is 5.32 Å². The van der Waals surface area contributed by atoms with E-state index in [1.165, 1.54) is 5.56 Å². The number of benzene rings is 1. The second-order valence-corrected chi connectivity index (χ2v) is 5.84. The molecule has 116 valence electrons. The lowest BCUT2D eigenvalue weighted by Gasteiger charge is -2.10. The summed E-state index contributed by atoms with van der Waals surface area (Å²) in [6.07, 6.45) is 3.69. The first-order chi connectivity index (χ1) is 10.6. The van der Waals surface area contributed by atoms with Gasteiger partial charge in [-0.05, 0) is 36.0 Å². The molecule has 1 saturated heterocycles. The fourth-order valence-corrected chi connectivity index (χ4v) is 2.40. The summed E-state index contributed by atoms with van der Waals surface area (Å²) < 4.78 is 5.45. The molecule has 0 spiro atoms. The molecule has 4 heteroatoms. The van der Waals surface area contributed by atoms with E-state index in [2.05, 4.69) is 19.2 Å². The van der Waals surface area contributed by atoms with Crippen LogP contribution in [0.25, 0.3) is 6.08 Å². The molecule has 1 atom stereocenters. The molecule has 1 heterocycles. The highest BCUT2D eigenvalue weighted by molar-refractivity contribution is 6.01. The monoisotopic (exact) mass is 298 g/mol. The predicted octanol–water partition coefficient (Wildman–Crippen LogP) is 3.01. The third kappa shape index (κ3) is 4.44. The molecular formula is C18H22N2O2. The van der Waals surface area contributed by atoms with Crippen molar-refractivity contribution in [1.29, 1.82) is 5.26 Å². The average molecular weight is 298 g/mol. The van der Waals surface area contributed by atoms with Gasteiger partial charge in [0, 0.05) is 13.2 Å².